The highest BCUT2D eigenvalue weighted by Gasteiger charge is 2.24. The van der Waals surface area contributed by atoms with Crippen LogP contribution in [0.1, 0.15) is 32.3 Å². The van der Waals surface area contributed by atoms with Crippen LogP contribution in [0.5, 0.6) is 0 Å². The van der Waals surface area contributed by atoms with E-state index in [-0.39, 0.29) is 18.4 Å². The van der Waals surface area contributed by atoms with Crippen molar-refractivity contribution >= 4 is 18.0 Å². The van der Waals surface area contributed by atoms with Gasteiger partial charge in [0.15, 0.2) is 0 Å². The second kappa shape index (κ2) is 10.4. The number of aliphatic carboxylic acids is 1. The average Bonchev–Trinajstić information content (AvgIpc) is 2.60. The van der Waals surface area contributed by atoms with Crippen LogP contribution in [0.3, 0.4) is 0 Å². The number of carboxylic acid groups (broad SMARTS) is 1. The SMILES string of the molecule is CC(C)N(C)C(=O)CCCN(C)C(=O)O[C@@H](Cc1ccccc1)C(=O)O. The number of nitrogens with zero attached hydrogens (tertiary/aromatic N) is 2. The summed E-state index contributed by atoms with van der Waals surface area (Å²) in [5.41, 5.74) is 0.776. The highest BCUT2D eigenvalue weighted by molar-refractivity contribution is 5.78. The van der Waals surface area contributed by atoms with E-state index in [9.17, 15) is 19.5 Å². The molecule has 7 nitrogen and oxygen atoms in total. The number of amides is 2. The Kier molecular flexibility index (Phi) is 8.61. The van der Waals surface area contributed by atoms with E-state index in [0.29, 0.717) is 19.4 Å². The zero-order chi connectivity index (χ0) is 19.7. The highest BCUT2D eigenvalue weighted by Crippen LogP contribution is 2.09. The van der Waals surface area contributed by atoms with Crippen LogP contribution in [0, 0.1) is 0 Å². The molecule has 144 valence electrons. The Morgan fingerprint density at radius 3 is 2.27 bits per heavy atom. The molecule has 1 rings (SSSR count). The van der Waals surface area contributed by atoms with Gasteiger partial charge in [-0.05, 0) is 25.8 Å². The number of ether oxygens (including phenoxy) is 1. The first kappa shape index (κ1) is 21.5. The fourth-order valence-corrected chi connectivity index (χ4v) is 2.24. The zero-order valence-electron chi connectivity index (χ0n) is 15.8. The maximum atomic E-state index is 12.1. The van der Waals surface area contributed by atoms with Gasteiger partial charge < -0.3 is 19.6 Å². The lowest BCUT2D eigenvalue weighted by Gasteiger charge is -2.23. The van der Waals surface area contributed by atoms with Crippen molar-refractivity contribution < 1.29 is 24.2 Å². The minimum atomic E-state index is -1.25. The lowest BCUT2D eigenvalue weighted by molar-refractivity contribution is -0.147. The van der Waals surface area contributed by atoms with Gasteiger partial charge in [0.25, 0.3) is 0 Å². The van der Waals surface area contributed by atoms with Gasteiger partial charge in [0.05, 0.1) is 0 Å². The Hall–Kier alpha value is -2.57. The smallest absolute Gasteiger partial charge is 0.410 e. The predicted molar refractivity (Wildman–Crippen MR) is 97.8 cm³/mol. The Balaban J connectivity index is 2.48. The fourth-order valence-electron chi connectivity index (χ4n) is 2.24. The third-order valence-corrected chi connectivity index (χ3v) is 4.15. The molecule has 7 heteroatoms. The molecule has 0 heterocycles. The van der Waals surface area contributed by atoms with Crippen LogP contribution < -0.4 is 0 Å². The standard InChI is InChI=1S/C19H28N2O5/c1-14(2)21(4)17(22)11-8-12-20(3)19(25)26-16(18(23)24)13-15-9-6-5-7-10-15/h5-7,9-10,14,16H,8,11-13H2,1-4H3,(H,23,24)/t16-/m0/s1. The van der Waals surface area contributed by atoms with Crippen LogP contribution in [0.15, 0.2) is 30.3 Å². The van der Waals surface area contributed by atoms with Gasteiger partial charge in [-0.2, -0.15) is 0 Å². The number of hydrogen-bond acceptors (Lipinski definition) is 4. The second-order valence-electron chi connectivity index (χ2n) is 6.52. The van der Waals surface area contributed by atoms with Gasteiger partial charge in [-0.25, -0.2) is 9.59 Å². The molecule has 0 radical (unpaired) electrons. The van der Waals surface area contributed by atoms with E-state index in [1.807, 2.05) is 19.9 Å². The van der Waals surface area contributed by atoms with Crippen LogP contribution >= 0.6 is 0 Å². The number of carbonyl (C=O) groups is 3. The molecule has 0 aliphatic heterocycles. The van der Waals surface area contributed by atoms with Crippen LogP contribution in [0.2, 0.25) is 0 Å². The maximum absolute atomic E-state index is 12.1. The third-order valence-electron chi connectivity index (χ3n) is 4.15. The van der Waals surface area contributed by atoms with Crippen molar-refractivity contribution in [2.75, 3.05) is 20.6 Å². The minimum Gasteiger partial charge on any atom is -0.478 e. The summed E-state index contributed by atoms with van der Waals surface area (Å²) in [6.07, 6.45) is -1.05. The van der Waals surface area contributed by atoms with Gasteiger partial charge in [0.1, 0.15) is 0 Å². The van der Waals surface area contributed by atoms with Crippen molar-refractivity contribution in [3.8, 4) is 0 Å². The van der Waals surface area contributed by atoms with Gasteiger partial charge in [0, 0.05) is 39.5 Å². The number of carbonyl (C=O) groups excluding carboxylic acids is 2. The lowest BCUT2D eigenvalue weighted by atomic mass is 10.1. The molecule has 26 heavy (non-hydrogen) atoms. The number of rotatable bonds is 9. The van der Waals surface area contributed by atoms with Crippen LogP contribution in [-0.4, -0.2) is 65.7 Å². The van der Waals surface area contributed by atoms with Crippen LogP contribution in [0.4, 0.5) is 4.79 Å². The van der Waals surface area contributed by atoms with E-state index in [2.05, 4.69) is 0 Å². The molecule has 1 aromatic carbocycles. The molecule has 0 bridgehead atoms. The Labute approximate surface area is 154 Å². The van der Waals surface area contributed by atoms with E-state index in [1.54, 1.807) is 36.2 Å². The number of hydrogen-bond donors (Lipinski definition) is 1. The summed E-state index contributed by atoms with van der Waals surface area (Å²) < 4.78 is 5.11. The molecule has 1 atom stereocenters. The average molecular weight is 364 g/mol. The van der Waals surface area contributed by atoms with Gasteiger partial charge in [-0.1, -0.05) is 30.3 Å². The van der Waals surface area contributed by atoms with E-state index >= 15 is 0 Å². The van der Waals surface area contributed by atoms with Gasteiger partial charge in [0.2, 0.25) is 12.0 Å². The summed E-state index contributed by atoms with van der Waals surface area (Å²) in [6, 6.07) is 9.12. The van der Waals surface area contributed by atoms with Crippen molar-refractivity contribution in [1.82, 2.24) is 9.80 Å². The monoisotopic (exact) mass is 364 g/mol. The van der Waals surface area contributed by atoms with Crippen LogP contribution in [0.25, 0.3) is 0 Å². The molecule has 0 aliphatic rings. The van der Waals surface area contributed by atoms with Crippen molar-refractivity contribution in [3.05, 3.63) is 35.9 Å². The maximum Gasteiger partial charge on any atom is 0.410 e. The fraction of sp³-hybridized carbons (Fsp3) is 0.526. The Morgan fingerprint density at radius 2 is 1.73 bits per heavy atom. The molecule has 0 saturated heterocycles. The molecule has 1 aromatic rings. The summed E-state index contributed by atoms with van der Waals surface area (Å²) in [5, 5.41) is 9.28. The van der Waals surface area contributed by atoms with Gasteiger partial charge in [-0.15, -0.1) is 0 Å². The van der Waals surface area contributed by atoms with Crippen molar-refractivity contribution in [2.24, 2.45) is 0 Å². The number of benzene rings is 1. The summed E-state index contributed by atoms with van der Waals surface area (Å²) in [7, 11) is 3.27. The van der Waals surface area contributed by atoms with E-state index in [1.165, 1.54) is 11.9 Å². The first-order valence-corrected chi connectivity index (χ1v) is 8.66. The zero-order valence-corrected chi connectivity index (χ0v) is 15.8. The largest absolute Gasteiger partial charge is 0.478 e. The van der Waals surface area contributed by atoms with Crippen molar-refractivity contribution in [2.45, 2.75) is 45.3 Å². The van der Waals surface area contributed by atoms with E-state index in [4.69, 9.17) is 4.74 Å². The molecule has 0 saturated carbocycles. The molecule has 0 spiro atoms. The molecular formula is C19H28N2O5. The first-order valence-electron chi connectivity index (χ1n) is 8.66. The summed E-state index contributed by atoms with van der Waals surface area (Å²) in [5.74, 6) is -1.18. The van der Waals surface area contributed by atoms with E-state index < -0.39 is 18.2 Å². The molecular weight excluding hydrogens is 336 g/mol. The second-order valence-corrected chi connectivity index (χ2v) is 6.52. The molecule has 0 aromatic heterocycles. The summed E-state index contributed by atoms with van der Waals surface area (Å²) >= 11 is 0. The summed E-state index contributed by atoms with van der Waals surface area (Å²) in [6.45, 7) is 4.18. The van der Waals surface area contributed by atoms with Gasteiger partial charge in [-0.3, -0.25) is 4.79 Å². The van der Waals surface area contributed by atoms with E-state index in [0.717, 1.165) is 5.56 Å². The highest BCUT2D eigenvalue weighted by atomic mass is 16.6. The normalized spacial score (nSPS) is 11.7. The minimum absolute atomic E-state index is 0.00857. The predicted octanol–water partition coefficient (Wildman–Crippen LogP) is 2.40. The molecule has 2 amide bonds. The van der Waals surface area contributed by atoms with Gasteiger partial charge >= 0.3 is 12.1 Å². The Morgan fingerprint density at radius 1 is 1.12 bits per heavy atom. The molecule has 1 N–H and O–H groups in total. The quantitative estimate of drug-likeness (QED) is 0.727. The topological polar surface area (TPSA) is 87.2 Å². The Bertz CT molecular complexity index is 603. The molecule has 0 fully saturated rings. The molecule has 0 aliphatic carbocycles. The van der Waals surface area contributed by atoms with Crippen molar-refractivity contribution in [3.63, 3.8) is 0 Å². The lowest BCUT2D eigenvalue weighted by Crippen LogP contribution is -2.37. The number of carboxylic acids is 1. The molecule has 0 unspecified atom stereocenters. The van der Waals surface area contributed by atoms with Crippen LogP contribution in [-0.2, 0) is 20.7 Å². The first-order chi connectivity index (χ1) is 12.2. The van der Waals surface area contributed by atoms with Crippen molar-refractivity contribution in [1.29, 1.82) is 0 Å². The third kappa shape index (κ3) is 7.13. The summed E-state index contributed by atoms with van der Waals surface area (Å²) in [4.78, 5) is 38.3.